The number of nitro groups is 1. The first kappa shape index (κ1) is 18.4. The van der Waals surface area contributed by atoms with Gasteiger partial charge >= 0.3 is 5.69 Å². The number of hydrogen-bond donors (Lipinski definition) is 1. The first-order valence-corrected chi connectivity index (χ1v) is 8.29. The molecule has 0 aliphatic heterocycles. The number of para-hydroxylation sites is 2. The van der Waals surface area contributed by atoms with Crippen LogP contribution in [0.3, 0.4) is 0 Å². The maximum Gasteiger partial charge on any atom is 0.311 e. The van der Waals surface area contributed by atoms with E-state index in [1.54, 1.807) is 43.5 Å². The molecule has 1 N–H and O–H groups in total. The third-order valence-electron chi connectivity index (χ3n) is 3.80. The number of amides is 1. The van der Waals surface area contributed by atoms with Gasteiger partial charge < -0.3 is 10.1 Å². The maximum atomic E-state index is 12.3. The zero-order chi connectivity index (χ0) is 19.4. The van der Waals surface area contributed by atoms with E-state index in [0.29, 0.717) is 10.7 Å². The van der Waals surface area contributed by atoms with E-state index in [4.69, 9.17) is 16.3 Å². The van der Waals surface area contributed by atoms with E-state index < -0.39 is 10.8 Å². The molecular weight excluding hydrogens is 372 g/mol. The van der Waals surface area contributed by atoms with Crippen LogP contribution >= 0.6 is 11.6 Å². The summed E-state index contributed by atoms with van der Waals surface area (Å²) in [6.07, 6.45) is 1.55. The third kappa shape index (κ3) is 4.24. The van der Waals surface area contributed by atoms with Crippen molar-refractivity contribution < 1.29 is 14.5 Å². The molecule has 8 nitrogen and oxygen atoms in total. The largest absolute Gasteiger partial charge is 0.464 e. The normalized spacial score (nSPS) is 10.4. The van der Waals surface area contributed by atoms with E-state index in [2.05, 4.69) is 10.4 Å². The fraction of sp³-hybridized carbons (Fsp3) is 0.111. The summed E-state index contributed by atoms with van der Waals surface area (Å²) in [5, 5.41) is 18.4. The van der Waals surface area contributed by atoms with Crippen LogP contribution in [0.1, 0.15) is 16.1 Å². The van der Waals surface area contributed by atoms with E-state index in [9.17, 15) is 14.9 Å². The Balaban J connectivity index is 1.67. The van der Waals surface area contributed by atoms with Gasteiger partial charge in [0, 0.05) is 23.0 Å². The topological polar surface area (TPSA) is 99.3 Å². The predicted molar refractivity (Wildman–Crippen MR) is 100 cm³/mol. The number of ether oxygens (including phenoxy) is 1. The van der Waals surface area contributed by atoms with Crippen molar-refractivity contribution in [3.63, 3.8) is 0 Å². The third-order valence-corrected chi connectivity index (χ3v) is 4.21. The van der Waals surface area contributed by atoms with Gasteiger partial charge in [-0.05, 0) is 36.8 Å². The summed E-state index contributed by atoms with van der Waals surface area (Å²) >= 11 is 6.05. The molecule has 27 heavy (non-hydrogen) atoms. The molecule has 1 aromatic heterocycles. The zero-order valence-corrected chi connectivity index (χ0v) is 15.0. The van der Waals surface area contributed by atoms with Crippen LogP contribution in [-0.4, -0.2) is 20.6 Å². The minimum absolute atomic E-state index is 0.0751. The average Bonchev–Trinajstić information content (AvgIpc) is 3.13. The Morgan fingerprint density at radius 3 is 2.81 bits per heavy atom. The van der Waals surface area contributed by atoms with E-state index in [1.165, 1.54) is 22.9 Å². The summed E-state index contributed by atoms with van der Waals surface area (Å²) in [7, 11) is 0. The molecule has 3 aromatic rings. The Bertz CT molecular complexity index is 1000. The molecular formula is C18H15ClN4O4. The summed E-state index contributed by atoms with van der Waals surface area (Å²) < 4.78 is 6.81. The molecule has 0 aliphatic carbocycles. The zero-order valence-electron chi connectivity index (χ0n) is 14.3. The van der Waals surface area contributed by atoms with Crippen molar-refractivity contribution in [3.8, 4) is 5.75 Å². The second kappa shape index (κ2) is 7.88. The number of aromatic nitrogens is 2. The van der Waals surface area contributed by atoms with Crippen LogP contribution in [0.4, 0.5) is 11.4 Å². The number of rotatable bonds is 6. The van der Waals surface area contributed by atoms with Gasteiger partial charge in [-0.25, -0.2) is 4.68 Å². The number of carbonyl (C=O) groups excluding carboxylic acids is 1. The minimum atomic E-state index is -0.523. The van der Waals surface area contributed by atoms with Crippen LogP contribution in [0.15, 0.2) is 54.7 Å². The van der Waals surface area contributed by atoms with Gasteiger partial charge in [0.25, 0.3) is 5.91 Å². The van der Waals surface area contributed by atoms with Gasteiger partial charge in [-0.3, -0.25) is 14.9 Å². The number of benzene rings is 2. The molecule has 0 saturated carbocycles. The monoisotopic (exact) mass is 386 g/mol. The van der Waals surface area contributed by atoms with Crippen LogP contribution < -0.4 is 10.1 Å². The molecule has 0 spiro atoms. The van der Waals surface area contributed by atoms with Gasteiger partial charge in [-0.2, -0.15) is 5.10 Å². The van der Waals surface area contributed by atoms with Gasteiger partial charge in [0.1, 0.15) is 0 Å². The molecule has 0 aliphatic rings. The highest BCUT2D eigenvalue weighted by atomic mass is 35.5. The number of carbonyl (C=O) groups is 1. The van der Waals surface area contributed by atoms with Gasteiger partial charge in [0.15, 0.2) is 18.2 Å². The fourth-order valence-electron chi connectivity index (χ4n) is 2.35. The van der Waals surface area contributed by atoms with Crippen LogP contribution in [0.2, 0.25) is 5.02 Å². The fourth-order valence-corrected chi connectivity index (χ4v) is 2.52. The highest BCUT2D eigenvalue weighted by Crippen LogP contribution is 2.26. The number of nitrogens with one attached hydrogen (secondary N) is 1. The molecule has 0 fully saturated rings. The average molecular weight is 387 g/mol. The maximum absolute atomic E-state index is 12.3. The Hall–Kier alpha value is -3.39. The second-order valence-corrected chi connectivity index (χ2v) is 6.01. The molecule has 1 amide bonds. The summed E-state index contributed by atoms with van der Waals surface area (Å²) in [6.45, 7) is 1.73. The SMILES string of the molecule is Cc1c(Cl)cccc1NC(=O)c1ccn(COc2ccccc2[N+](=O)[O-])n1. The quantitative estimate of drug-likeness (QED) is 0.509. The molecule has 1 heterocycles. The van der Waals surface area contributed by atoms with Gasteiger partial charge in [-0.15, -0.1) is 0 Å². The van der Waals surface area contributed by atoms with Gasteiger partial charge in [-0.1, -0.05) is 29.8 Å². The second-order valence-electron chi connectivity index (χ2n) is 5.61. The van der Waals surface area contributed by atoms with Crippen molar-refractivity contribution in [2.24, 2.45) is 0 Å². The van der Waals surface area contributed by atoms with Crippen molar-refractivity contribution in [3.05, 3.63) is 81.1 Å². The number of anilines is 1. The molecule has 0 unspecified atom stereocenters. The van der Waals surface area contributed by atoms with Crippen LogP contribution in [0.25, 0.3) is 0 Å². The van der Waals surface area contributed by atoms with Crippen molar-refractivity contribution in [1.29, 1.82) is 0 Å². The summed E-state index contributed by atoms with van der Waals surface area (Å²) in [6, 6.07) is 12.8. The van der Waals surface area contributed by atoms with E-state index in [0.717, 1.165) is 5.56 Å². The van der Waals surface area contributed by atoms with Gasteiger partial charge in [0.05, 0.1) is 4.92 Å². The lowest BCUT2D eigenvalue weighted by molar-refractivity contribution is -0.386. The molecule has 9 heteroatoms. The smallest absolute Gasteiger partial charge is 0.311 e. The van der Waals surface area contributed by atoms with Crippen LogP contribution in [0.5, 0.6) is 5.75 Å². The molecule has 2 aromatic carbocycles. The number of nitrogens with zero attached hydrogens (tertiary/aromatic N) is 3. The first-order chi connectivity index (χ1) is 13.0. The van der Waals surface area contributed by atoms with Crippen LogP contribution in [-0.2, 0) is 6.73 Å². The standard InChI is InChI=1S/C18H15ClN4O4/c1-12-13(19)5-4-6-14(12)20-18(24)15-9-10-22(21-15)11-27-17-8-3-2-7-16(17)23(25)26/h2-10H,11H2,1H3,(H,20,24). The predicted octanol–water partition coefficient (Wildman–Crippen LogP) is 4.04. The lowest BCUT2D eigenvalue weighted by Crippen LogP contribution is -2.15. The summed E-state index contributed by atoms with van der Waals surface area (Å²) in [5.74, 6) is -0.275. The highest BCUT2D eigenvalue weighted by molar-refractivity contribution is 6.31. The van der Waals surface area contributed by atoms with Crippen molar-refractivity contribution in [2.45, 2.75) is 13.7 Å². The van der Waals surface area contributed by atoms with Crippen molar-refractivity contribution >= 4 is 28.9 Å². The molecule has 138 valence electrons. The van der Waals surface area contributed by atoms with Gasteiger partial charge in [0.2, 0.25) is 0 Å². The summed E-state index contributed by atoms with van der Waals surface area (Å²) in [5.41, 5.74) is 1.39. The Labute approximate surface area is 159 Å². The Morgan fingerprint density at radius 2 is 2.04 bits per heavy atom. The lowest BCUT2D eigenvalue weighted by Gasteiger charge is -2.08. The molecule has 0 saturated heterocycles. The highest BCUT2D eigenvalue weighted by Gasteiger charge is 2.15. The molecule has 0 bridgehead atoms. The first-order valence-electron chi connectivity index (χ1n) is 7.92. The Kier molecular flexibility index (Phi) is 5.37. The minimum Gasteiger partial charge on any atom is -0.464 e. The van der Waals surface area contributed by atoms with E-state index in [-0.39, 0.29) is 23.9 Å². The Morgan fingerprint density at radius 1 is 1.26 bits per heavy atom. The number of halogens is 1. The van der Waals surface area contributed by atoms with Crippen LogP contribution in [0, 0.1) is 17.0 Å². The lowest BCUT2D eigenvalue weighted by atomic mass is 10.2. The van der Waals surface area contributed by atoms with E-state index >= 15 is 0 Å². The number of nitro benzene ring substituents is 1. The van der Waals surface area contributed by atoms with Crippen molar-refractivity contribution in [1.82, 2.24) is 9.78 Å². The molecule has 0 radical (unpaired) electrons. The summed E-state index contributed by atoms with van der Waals surface area (Å²) in [4.78, 5) is 22.8. The van der Waals surface area contributed by atoms with E-state index in [1.807, 2.05) is 0 Å². The molecule has 3 rings (SSSR count). The van der Waals surface area contributed by atoms with Crippen molar-refractivity contribution in [2.75, 3.05) is 5.32 Å². The number of hydrogen-bond acceptors (Lipinski definition) is 5. The molecule has 0 atom stereocenters.